The highest BCUT2D eigenvalue weighted by Crippen LogP contribution is 2.38. The number of rotatable bonds is 12. The van der Waals surface area contributed by atoms with Crippen molar-refractivity contribution in [1.82, 2.24) is 4.98 Å². The van der Waals surface area contributed by atoms with Crippen LogP contribution in [0.2, 0.25) is 0 Å². The van der Waals surface area contributed by atoms with E-state index >= 15 is 0 Å². The van der Waals surface area contributed by atoms with E-state index in [0.717, 1.165) is 47.7 Å². The lowest BCUT2D eigenvalue weighted by molar-refractivity contribution is -0.392. The molecule has 0 aliphatic rings. The molecular formula is C26H21N7O11S2. The summed E-state index contributed by atoms with van der Waals surface area (Å²) < 4.78 is 32.9. The SMILES string of the molecule is CCOC(=O)c1sc(NS(=O)(=O)c2ccc(NC(=O)c3cc([N+](=O)[O-])c(Nc4cccc([N+](=O)[O-])c4)c([N+](=O)[O-])c3)cc2)nc1C. The van der Waals surface area contributed by atoms with Crippen LogP contribution in [-0.4, -0.2) is 46.7 Å². The fourth-order valence-electron chi connectivity index (χ4n) is 3.92. The van der Waals surface area contributed by atoms with Gasteiger partial charge in [-0.1, -0.05) is 17.4 Å². The number of nitrogens with zero attached hydrogens (tertiary/aromatic N) is 4. The minimum Gasteiger partial charge on any atom is -0.462 e. The molecule has 0 unspecified atom stereocenters. The number of thiazole rings is 1. The molecule has 3 aromatic carbocycles. The maximum absolute atomic E-state index is 13.0. The highest BCUT2D eigenvalue weighted by atomic mass is 32.2. The van der Waals surface area contributed by atoms with Gasteiger partial charge >= 0.3 is 17.3 Å². The molecule has 4 rings (SSSR count). The summed E-state index contributed by atoms with van der Waals surface area (Å²) in [5.41, 5.74) is -2.91. The van der Waals surface area contributed by atoms with Gasteiger partial charge in [0, 0.05) is 35.6 Å². The Morgan fingerprint density at radius 2 is 1.54 bits per heavy atom. The Bertz CT molecular complexity index is 1960. The average molecular weight is 672 g/mol. The summed E-state index contributed by atoms with van der Waals surface area (Å²) in [7, 11) is -4.18. The summed E-state index contributed by atoms with van der Waals surface area (Å²) in [6.45, 7) is 3.26. The number of nitro groups is 3. The normalized spacial score (nSPS) is 10.9. The van der Waals surface area contributed by atoms with Crippen molar-refractivity contribution < 1.29 is 37.5 Å². The van der Waals surface area contributed by atoms with Gasteiger partial charge in [-0.05, 0) is 44.2 Å². The standard InChI is InChI=1S/C26H21N7O11S2/c1-3-44-25(35)23-14(2)27-26(45-23)30-46(42,43)19-9-7-16(8-10-19)29-24(34)15-11-20(32(38)39)22(21(12-15)33(40)41)28-17-5-4-6-18(13-17)31(36)37/h4-13,28H,3H2,1-2H3,(H,27,30)(H,29,34). The predicted octanol–water partition coefficient (Wildman–Crippen LogP) is 5.15. The fourth-order valence-corrected chi connectivity index (χ4v) is 6.02. The van der Waals surface area contributed by atoms with Gasteiger partial charge in [0.15, 0.2) is 10.8 Å². The third-order valence-electron chi connectivity index (χ3n) is 5.98. The molecular weight excluding hydrogens is 650 g/mol. The van der Waals surface area contributed by atoms with Crippen LogP contribution in [0.4, 0.5) is 39.3 Å². The van der Waals surface area contributed by atoms with Gasteiger partial charge in [0.25, 0.3) is 21.6 Å². The Balaban J connectivity index is 1.56. The first-order valence-corrected chi connectivity index (χ1v) is 15.1. The number of anilines is 4. The Hall–Kier alpha value is -6.02. The van der Waals surface area contributed by atoms with Crippen molar-refractivity contribution >= 4 is 72.5 Å². The van der Waals surface area contributed by atoms with Gasteiger partial charge in [0.2, 0.25) is 0 Å². The van der Waals surface area contributed by atoms with Gasteiger partial charge < -0.3 is 15.4 Å². The van der Waals surface area contributed by atoms with Crippen LogP contribution < -0.4 is 15.4 Å². The Kier molecular flexibility index (Phi) is 9.52. The molecule has 0 saturated carbocycles. The molecule has 1 aromatic heterocycles. The second kappa shape index (κ2) is 13.3. The van der Waals surface area contributed by atoms with Crippen molar-refractivity contribution in [3.63, 3.8) is 0 Å². The zero-order valence-corrected chi connectivity index (χ0v) is 25.2. The number of sulfonamides is 1. The first-order chi connectivity index (χ1) is 21.7. The molecule has 20 heteroatoms. The molecule has 4 aromatic rings. The van der Waals surface area contributed by atoms with Gasteiger partial charge in [-0.25, -0.2) is 18.2 Å². The van der Waals surface area contributed by atoms with Crippen LogP contribution in [0.1, 0.15) is 32.6 Å². The summed E-state index contributed by atoms with van der Waals surface area (Å²) in [4.78, 5) is 61.1. The monoisotopic (exact) mass is 671 g/mol. The molecule has 0 radical (unpaired) electrons. The zero-order chi connectivity index (χ0) is 33.8. The number of hydrogen-bond acceptors (Lipinski definition) is 14. The molecule has 0 bridgehead atoms. The van der Waals surface area contributed by atoms with E-state index < -0.39 is 59.3 Å². The first-order valence-electron chi connectivity index (χ1n) is 12.8. The minimum atomic E-state index is -4.18. The molecule has 1 heterocycles. The number of hydrogen-bond donors (Lipinski definition) is 3. The molecule has 0 aliphatic carbocycles. The van der Waals surface area contributed by atoms with Crippen molar-refractivity contribution in [3.05, 3.63) is 107 Å². The van der Waals surface area contributed by atoms with Gasteiger partial charge in [-0.15, -0.1) is 0 Å². The van der Waals surface area contributed by atoms with E-state index in [0.29, 0.717) is 0 Å². The lowest BCUT2D eigenvalue weighted by Gasteiger charge is -2.11. The van der Waals surface area contributed by atoms with Gasteiger partial charge in [-0.2, -0.15) is 0 Å². The largest absolute Gasteiger partial charge is 0.462 e. The number of carbonyl (C=O) groups excluding carboxylic acids is 2. The van der Waals surface area contributed by atoms with Crippen molar-refractivity contribution in [2.24, 2.45) is 0 Å². The Labute approximate surface area is 262 Å². The zero-order valence-electron chi connectivity index (χ0n) is 23.6. The number of nitrogens with one attached hydrogen (secondary N) is 3. The van der Waals surface area contributed by atoms with Crippen LogP contribution in [0.3, 0.4) is 0 Å². The second-order valence-electron chi connectivity index (χ2n) is 9.07. The lowest BCUT2D eigenvalue weighted by Crippen LogP contribution is -2.15. The van der Waals surface area contributed by atoms with Crippen LogP contribution in [0.25, 0.3) is 0 Å². The smallest absolute Gasteiger partial charge is 0.350 e. The maximum atomic E-state index is 13.0. The fraction of sp³-hybridized carbons (Fsp3) is 0.115. The molecule has 0 spiro atoms. The summed E-state index contributed by atoms with van der Waals surface area (Å²) in [6, 6.07) is 11.0. The van der Waals surface area contributed by atoms with Crippen LogP contribution in [0, 0.1) is 37.3 Å². The van der Waals surface area contributed by atoms with E-state index in [1.807, 2.05) is 0 Å². The topological polar surface area (TPSA) is 256 Å². The molecule has 238 valence electrons. The van der Waals surface area contributed by atoms with Crippen molar-refractivity contribution in [3.8, 4) is 0 Å². The van der Waals surface area contributed by atoms with Gasteiger partial charge in [0.1, 0.15) is 4.88 Å². The van der Waals surface area contributed by atoms with E-state index in [9.17, 15) is 48.3 Å². The summed E-state index contributed by atoms with van der Waals surface area (Å²) in [5, 5.41) is 39.6. The number of non-ortho nitro benzene ring substituents is 1. The van der Waals surface area contributed by atoms with Crippen molar-refractivity contribution in [2.45, 2.75) is 18.7 Å². The second-order valence-corrected chi connectivity index (χ2v) is 11.8. The van der Waals surface area contributed by atoms with E-state index in [-0.39, 0.29) is 44.3 Å². The van der Waals surface area contributed by atoms with E-state index in [2.05, 4.69) is 20.3 Å². The Morgan fingerprint density at radius 1 is 0.913 bits per heavy atom. The van der Waals surface area contributed by atoms with E-state index in [1.165, 1.54) is 31.2 Å². The molecule has 0 fully saturated rings. The third kappa shape index (κ3) is 7.36. The molecule has 0 saturated heterocycles. The van der Waals surface area contributed by atoms with E-state index in [1.54, 1.807) is 6.92 Å². The quantitative estimate of drug-likeness (QED) is 0.100. The van der Waals surface area contributed by atoms with Crippen LogP contribution in [-0.2, 0) is 14.8 Å². The van der Waals surface area contributed by atoms with Gasteiger partial charge in [0.05, 0.1) is 37.5 Å². The maximum Gasteiger partial charge on any atom is 0.350 e. The van der Waals surface area contributed by atoms with Crippen LogP contribution in [0.15, 0.2) is 65.6 Å². The average Bonchev–Trinajstić information content (AvgIpc) is 3.36. The number of nitro benzene ring substituents is 3. The molecule has 46 heavy (non-hydrogen) atoms. The predicted molar refractivity (Wildman–Crippen MR) is 164 cm³/mol. The molecule has 18 nitrogen and oxygen atoms in total. The number of esters is 1. The third-order valence-corrected chi connectivity index (χ3v) is 8.52. The number of amides is 1. The number of carbonyl (C=O) groups is 2. The summed E-state index contributed by atoms with van der Waals surface area (Å²) in [5.74, 6) is -1.64. The minimum absolute atomic E-state index is 0.0442. The highest BCUT2D eigenvalue weighted by Gasteiger charge is 2.29. The van der Waals surface area contributed by atoms with E-state index in [4.69, 9.17) is 4.74 Å². The molecule has 3 N–H and O–H groups in total. The van der Waals surface area contributed by atoms with Gasteiger partial charge in [-0.3, -0.25) is 39.9 Å². The van der Waals surface area contributed by atoms with Crippen molar-refractivity contribution in [1.29, 1.82) is 0 Å². The highest BCUT2D eigenvalue weighted by molar-refractivity contribution is 7.93. The number of benzene rings is 3. The molecule has 1 amide bonds. The van der Waals surface area contributed by atoms with Crippen molar-refractivity contribution in [2.75, 3.05) is 22.0 Å². The molecule has 0 aliphatic heterocycles. The number of ether oxygens (including phenoxy) is 1. The Morgan fingerprint density at radius 3 is 2.11 bits per heavy atom. The first kappa shape index (κ1) is 32.9. The summed E-state index contributed by atoms with van der Waals surface area (Å²) in [6.07, 6.45) is 0. The summed E-state index contributed by atoms with van der Waals surface area (Å²) >= 11 is 0.787. The molecule has 0 atom stereocenters. The number of aryl methyl sites for hydroxylation is 1. The van der Waals surface area contributed by atoms with Crippen LogP contribution >= 0.6 is 11.3 Å². The lowest BCUT2D eigenvalue weighted by atomic mass is 10.1. The van der Waals surface area contributed by atoms with Crippen LogP contribution in [0.5, 0.6) is 0 Å². The number of aromatic nitrogens is 1.